The molecule has 7 nitrogen and oxygen atoms in total. The zero-order chi connectivity index (χ0) is 11.5. The van der Waals surface area contributed by atoms with Crippen LogP contribution in [0.15, 0.2) is 0 Å². The van der Waals surface area contributed by atoms with E-state index in [9.17, 15) is 14.2 Å². The van der Waals surface area contributed by atoms with Crippen LogP contribution in [0.25, 0.3) is 0 Å². The number of aliphatic hydroxyl groups is 1. The van der Waals surface area contributed by atoms with Gasteiger partial charge in [0.15, 0.2) is 0 Å². The number of carbonyl (C=O) groups is 2. The van der Waals surface area contributed by atoms with E-state index in [1.807, 2.05) is 0 Å². The molecule has 0 saturated carbocycles. The lowest BCUT2D eigenvalue weighted by Gasteiger charge is -2.16. The maximum absolute atomic E-state index is 10.8. The van der Waals surface area contributed by atoms with Gasteiger partial charge >= 0.3 is 13.6 Å². The highest BCUT2D eigenvalue weighted by atomic mass is 31.2. The minimum absolute atomic E-state index is 0.923. The van der Waals surface area contributed by atoms with Gasteiger partial charge in [-0.15, -0.1) is 0 Å². The summed E-state index contributed by atoms with van der Waals surface area (Å²) in [5.74, 6) is -4.34. The van der Waals surface area contributed by atoms with E-state index in [2.05, 4.69) is 0 Å². The zero-order valence-electron chi connectivity index (χ0n) is 7.32. The molecule has 0 aliphatic heterocycles. The molecule has 0 aliphatic carbocycles. The SMILES string of the molecule is CC(C(=O)C(=O)O)C(O)CP(=O)(O)O. The molecule has 2 atom stereocenters. The van der Waals surface area contributed by atoms with Crippen LogP contribution in [-0.4, -0.2) is 44.0 Å². The number of aliphatic carboxylic acids is 1. The van der Waals surface area contributed by atoms with Gasteiger partial charge in [-0.3, -0.25) is 9.36 Å². The third-order valence-corrected chi connectivity index (χ3v) is 2.48. The fourth-order valence-electron chi connectivity index (χ4n) is 0.771. The lowest BCUT2D eigenvalue weighted by Crippen LogP contribution is -2.33. The fraction of sp³-hybridized carbons (Fsp3) is 0.667. The molecule has 2 unspecified atom stereocenters. The van der Waals surface area contributed by atoms with Crippen molar-refractivity contribution in [3.05, 3.63) is 0 Å². The zero-order valence-corrected chi connectivity index (χ0v) is 8.22. The van der Waals surface area contributed by atoms with Crippen molar-refractivity contribution in [2.75, 3.05) is 6.16 Å². The van der Waals surface area contributed by atoms with Crippen molar-refractivity contribution < 1.29 is 34.2 Å². The van der Waals surface area contributed by atoms with Gasteiger partial charge in [-0.25, -0.2) is 4.79 Å². The minimum atomic E-state index is -4.44. The number of hydrogen-bond donors (Lipinski definition) is 4. The van der Waals surface area contributed by atoms with E-state index >= 15 is 0 Å². The lowest BCUT2D eigenvalue weighted by atomic mass is 10.0. The van der Waals surface area contributed by atoms with Gasteiger partial charge in [-0.05, 0) is 0 Å². The standard InChI is InChI=1S/C6H11O7P/c1-3(5(8)6(9)10)4(7)2-14(11,12)13/h3-4,7H,2H2,1H3,(H,9,10)(H2,11,12,13). The van der Waals surface area contributed by atoms with Crippen LogP contribution in [0.1, 0.15) is 6.92 Å². The Hall–Kier alpha value is -0.750. The molecule has 0 saturated heterocycles. The Kier molecular flexibility index (Phi) is 4.41. The predicted molar refractivity (Wildman–Crippen MR) is 44.7 cm³/mol. The Balaban J connectivity index is 4.40. The molecular weight excluding hydrogens is 215 g/mol. The van der Waals surface area contributed by atoms with E-state index in [0.717, 1.165) is 6.92 Å². The number of hydrogen-bond acceptors (Lipinski definition) is 4. The first-order valence-electron chi connectivity index (χ1n) is 3.65. The molecule has 0 aliphatic rings. The quantitative estimate of drug-likeness (QED) is 0.342. The van der Waals surface area contributed by atoms with Crippen LogP contribution >= 0.6 is 7.60 Å². The number of ketones is 1. The van der Waals surface area contributed by atoms with Gasteiger partial charge in [0.25, 0.3) is 0 Å². The second-order valence-corrected chi connectivity index (χ2v) is 4.57. The molecule has 0 bridgehead atoms. The number of carboxylic acids is 1. The first-order valence-corrected chi connectivity index (χ1v) is 5.44. The summed E-state index contributed by atoms with van der Waals surface area (Å²) in [4.78, 5) is 37.8. The van der Waals surface area contributed by atoms with E-state index in [1.165, 1.54) is 0 Å². The fourth-order valence-corrected chi connectivity index (χ4v) is 1.57. The largest absolute Gasteiger partial charge is 0.475 e. The number of carbonyl (C=O) groups excluding carboxylic acids is 1. The third kappa shape index (κ3) is 4.48. The Morgan fingerprint density at radius 3 is 2.07 bits per heavy atom. The molecule has 0 aromatic carbocycles. The average molecular weight is 226 g/mol. The molecule has 0 fully saturated rings. The second kappa shape index (κ2) is 4.65. The van der Waals surface area contributed by atoms with Gasteiger partial charge in [0.2, 0.25) is 5.78 Å². The van der Waals surface area contributed by atoms with Crippen molar-refractivity contribution in [1.82, 2.24) is 0 Å². The minimum Gasteiger partial charge on any atom is -0.475 e. The van der Waals surface area contributed by atoms with Crippen LogP contribution in [0, 0.1) is 5.92 Å². The van der Waals surface area contributed by atoms with Crippen LogP contribution in [0.3, 0.4) is 0 Å². The van der Waals surface area contributed by atoms with Gasteiger partial charge in [-0.2, -0.15) is 0 Å². The molecule has 14 heavy (non-hydrogen) atoms. The molecule has 0 aromatic rings. The number of rotatable bonds is 5. The van der Waals surface area contributed by atoms with Crippen molar-refractivity contribution in [2.45, 2.75) is 13.0 Å². The van der Waals surface area contributed by atoms with Gasteiger partial charge in [-0.1, -0.05) is 6.92 Å². The average Bonchev–Trinajstić information content (AvgIpc) is 1.98. The Morgan fingerprint density at radius 1 is 1.36 bits per heavy atom. The smallest absolute Gasteiger partial charge is 0.372 e. The van der Waals surface area contributed by atoms with E-state index in [-0.39, 0.29) is 0 Å². The molecule has 0 radical (unpaired) electrons. The highest BCUT2D eigenvalue weighted by Crippen LogP contribution is 2.36. The van der Waals surface area contributed by atoms with Crippen LogP contribution < -0.4 is 0 Å². The third-order valence-electron chi connectivity index (χ3n) is 1.63. The summed E-state index contributed by atoms with van der Waals surface area (Å²) < 4.78 is 10.4. The van der Waals surface area contributed by atoms with E-state index in [0.29, 0.717) is 0 Å². The van der Waals surface area contributed by atoms with Gasteiger partial charge in [0.1, 0.15) is 0 Å². The van der Waals surface area contributed by atoms with Gasteiger partial charge in [0, 0.05) is 0 Å². The van der Waals surface area contributed by atoms with Crippen molar-refractivity contribution in [3.63, 3.8) is 0 Å². The monoisotopic (exact) mass is 226 g/mol. The molecule has 82 valence electrons. The summed E-state index contributed by atoms with van der Waals surface area (Å²) in [5.41, 5.74) is 0. The summed E-state index contributed by atoms with van der Waals surface area (Å²) in [7, 11) is -4.44. The van der Waals surface area contributed by atoms with Crippen molar-refractivity contribution in [2.24, 2.45) is 5.92 Å². The van der Waals surface area contributed by atoms with Crippen molar-refractivity contribution in [1.29, 1.82) is 0 Å². The normalized spacial score (nSPS) is 16.0. The van der Waals surface area contributed by atoms with Crippen LogP contribution in [0.5, 0.6) is 0 Å². The predicted octanol–water partition coefficient (Wildman–Crippen LogP) is -1.19. The van der Waals surface area contributed by atoms with E-state index in [4.69, 9.17) is 20.0 Å². The first kappa shape index (κ1) is 13.2. The summed E-state index contributed by atoms with van der Waals surface area (Å²) in [5, 5.41) is 17.3. The summed E-state index contributed by atoms with van der Waals surface area (Å²) >= 11 is 0. The van der Waals surface area contributed by atoms with Crippen LogP contribution in [-0.2, 0) is 14.2 Å². The Labute approximate surface area is 79.5 Å². The number of Topliss-reactive ketones (excluding diaryl/α,β-unsaturated/α-hetero) is 1. The van der Waals surface area contributed by atoms with Gasteiger partial charge in [0.05, 0.1) is 18.2 Å². The van der Waals surface area contributed by atoms with E-state index in [1.54, 1.807) is 0 Å². The first-order chi connectivity index (χ1) is 6.15. The molecule has 0 spiro atoms. The topological polar surface area (TPSA) is 132 Å². The molecular formula is C6H11O7P. The Morgan fingerprint density at radius 2 is 1.79 bits per heavy atom. The molecule has 8 heteroatoms. The maximum Gasteiger partial charge on any atom is 0.372 e. The number of carboxylic acid groups (broad SMARTS) is 1. The Bertz CT molecular complexity index is 280. The molecule has 4 N–H and O–H groups in total. The van der Waals surface area contributed by atoms with Crippen molar-refractivity contribution >= 4 is 19.3 Å². The molecule has 0 rings (SSSR count). The van der Waals surface area contributed by atoms with Crippen molar-refractivity contribution in [3.8, 4) is 0 Å². The molecule has 0 aromatic heterocycles. The molecule has 0 heterocycles. The summed E-state index contributed by atoms with van der Waals surface area (Å²) in [6.07, 6.45) is -2.58. The maximum atomic E-state index is 10.8. The summed E-state index contributed by atoms with van der Waals surface area (Å²) in [6.45, 7) is 1.09. The van der Waals surface area contributed by atoms with Gasteiger partial charge < -0.3 is 20.0 Å². The number of aliphatic hydroxyl groups excluding tert-OH is 1. The highest BCUT2D eigenvalue weighted by molar-refractivity contribution is 7.51. The lowest BCUT2D eigenvalue weighted by molar-refractivity contribution is -0.152. The van der Waals surface area contributed by atoms with Crippen LogP contribution in [0.4, 0.5) is 0 Å². The summed E-state index contributed by atoms with van der Waals surface area (Å²) in [6, 6.07) is 0. The highest BCUT2D eigenvalue weighted by Gasteiger charge is 2.31. The van der Waals surface area contributed by atoms with Crippen LogP contribution in [0.2, 0.25) is 0 Å². The molecule has 0 amide bonds. The van der Waals surface area contributed by atoms with E-state index < -0.39 is 37.5 Å². The second-order valence-electron chi connectivity index (χ2n) is 2.87.